The van der Waals surface area contributed by atoms with Crippen LogP contribution in [0, 0.1) is 0 Å². The molecule has 2 heteroatoms. The van der Waals surface area contributed by atoms with E-state index in [1.807, 2.05) is 0 Å². The summed E-state index contributed by atoms with van der Waals surface area (Å²) >= 11 is 0.210. The van der Waals surface area contributed by atoms with Crippen LogP contribution in [0.15, 0.2) is 32.4 Å². The third kappa shape index (κ3) is 1.41. The van der Waals surface area contributed by atoms with Gasteiger partial charge in [0.15, 0.2) is 0 Å². The molecule has 0 aliphatic rings. The van der Waals surface area contributed by atoms with Gasteiger partial charge in [0.05, 0.1) is 0 Å². The molecule has 0 nitrogen and oxygen atoms in total. The van der Waals surface area contributed by atoms with Gasteiger partial charge in [-0.25, -0.2) is 0 Å². The third-order valence-corrected chi connectivity index (χ3v) is 7.69. The van der Waals surface area contributed by atoms with Crippen molar-refractivity contribution < 1.29 is 0 Å². The van der Waals surface area contributed by atoms with E-state index in [9.17, 15) is 0 Å². The fraction of sp³-hybridized carbons (Fsp3) is 0. The molecule has 2 heterocycles. The van der Waals surface area contributed by atoms with Crippen LogP contribution in [-0.2, 0) is 0 Å². The molecule has 0 bridgehead atoms. The second-order valence-corrected chi connectivity index (χ2v) is 7.36. The molecule has 0 unspecified atom stereocenters. The van der Waals surface area contributed by atoms with Crippen LogP contribution in [0.3, 0.4) is 0 Å². The van der Waals surface area contributed by atoms with Crippen molar-refractivity contribution in [2.24, 2.45) is 0 Å². The van der Waals surface area contributed by atoms with E-state index in [0.717, 1.165) is 0 Å². The van der Waals surface area contributed by atoms with Crippen molar-refractivity contribution in [1.29, 1.82) is 0 Å². The molecule has 0 N–H and O–H groups in total. The van der Waals surface area contributed by atoms with Crippen LogP contribution in [-0.4, -0.2) is 40.9 Å². The molecule has 0 aliphatic heterocycles. The Morgan fingerprint density at radius 2 is 1.30 bits per heavy atom. The Hall–Kier alpha value is 0.539. The molecule has 0 amide bonds. The van der Waals surface area contributed by atoms with Crippen LogP contribution in [0.2, 0.25) is 0 Å². The van der Waals surface area contributed by atoms with Crippen LogP contribution in [0.1, 0.15) is 0 Å². The van der Waals surface area contributed by atoms with Gasteiger partial charge < -0.3 is 0 Å². The Kier molecular flexibility index (Phi) is 2.37. The van der Waals surface area contributed by atoms with Crippen molar-refractivity contribution in [2.45, 2.75) is 0 Å². The molecule has 0 fully saturated rings. The molecular formula is C8H6Te2. The Bertz CT molecular complexity index is 247. The fourth-order valence-electron chi connectivity index (χ4n) is 0.838. The molecule has 2 rings (SSSR count). The third-order valence-electron chi connectivity index (χ3n) is 1.29. The van der Waals surface area contributed by atoms with Crippen molar-refractivity contribution in [3.8, 4) is 7.16 Å². The minimum absolute atomic E-state index is 0.105. The first-order valence-electron chi connectivity index (χ1n) is 3.04. The van der Waals surface area contributed by atoms with Crippen molar-refractivity contribution in [1.82, 2.24) is 0 Å². The monoisotopic (exact) mass is 362 g/mol. The molecule has 0 radical (unpaired) electrons. The molecule has 0 spiro atoms. The van der Waals surface area contributed by atoms with Gasteiger partial charge in [-0.3, -0.25) is 0 Å². The van der Waals surface area contributed by atoms with Crippen LogP contribution >= 0.6 is 0 Å². The van der Waals surface area contributed by atoms with E-state index in [1.165, 1.54) is 0 Å². The SMILES string of the molecule is c1c[te]c(-c2ccc[te]2)c1. The Labute approximate surface area is 79.7 Å². The molecule has 0 aliphatic carbocycles. The molecule has 0 aromatic carbocycles. The average Bonchev–Trinajstić information content (AvgIpc) is 2.59. The number of hydrogen-bond donors (Lipinski definition) is 0. The predicted octanol–water partition coefficient (Wildman–Crippen LogP) is 1.47. The summed E-state index contributed by atoms with van der Waals surface area (Å²) in [5.41, 5.74) is 0. The zero-order valence-electron chi connectivity index (χ0n) is 5.28. The normalized spacial score (nSPS) is 10.0. The first-order valence-corrected chi connectivity index (χ1v) is 8.06. The second kappa shape index (κ2) is 3.29. The summed E-state index contributed by atoms with van der Waals surface area (Å²) in [5, 5.41) is 0. The average molecular weight is 357 g/mol. The molecular weight excluding hydrogens is 351 g/mol. The summed E-state index contributed by atoms with van der Waals surface area (Å²) in [6, 6.07) is 9.02. The summed E-state index contributed by atoms with van der Waals surface area (Å²) < 4.78 is 8.06. The quantitative estimate of drug-likeness (QED) is 0.678. The van der Waals surface area contributed by atoms with E-state index in [-0.39, 0.29) is 40.9 Å². The molecule has 50 valence electrons. The molecule has 10 heavy (non-hydrogen) atoms. The van der Waals surface area contributed by atoms with Crippen LogP contribution in [0.25, 0.3) is 7.16 Å². The number of rotatable bonds is 1. The zero-order chi connectivity index (χ0) is 6.81. The van der Waals surface area contributed by atoms with Gasteiger partial charge in [0.1, 0.15) is 0 Å². The van der Waals surface area contributed by atoms with Gasteiger partial charge in [0, 0.05) is 0 Å². The first-order chi connectivity index (χ1) is 4.97. The van der Waals surface area contributed by atoms with E-state index in [0.29, 0.717) is 0 Å². The van der Waals surface area contributed by atoms with Crippen molar-refractivity contribution >= 4 is 40.9 Å². The van der Waals surface area contributed by atoms with E-state index >= 15 is 0 Å². The van der Waals surface area contributed by atoms with E-state index in [1.54, 1.807) is 7.16 Å². The maximum atomic E-state index is 2.35. The van der Waals surface area contributed by atoms with Crippen molar-refractivity contribution in [2.75, 3.05) is 0 Å². The molecule has 2 aromatic rings. The Morgan fingerprint density at radius 1 is 0.800 bits per heavy atom. The molecule has 0 atom stereocenters. The Morgan fingerprint density at radius 3 is 1.60 bits per heavy atom. The van der Waals surface area contributed by atoms with Gasteiger partial charge in [-0.1, -0.05) is 0 Å². The van der Waals surface area contributed by atoms with Crippen LogP contribution < -0.4 is 0 Å². The first kappa shape index (κ1) is 7.20. The van der Waals surface area contributed by atoms with Crippen molar-refractivity contribution in [3.05, 3.63) is 32.4 Å². The van der Waals surface area contributed by atoms with Gasteiger partial charge in [-0.05, 0) is 0 Å². The summed E-state index contributed by atoms with van der Waals surface area (Å²) in [6.07, 6.45) is 0. The van der Waals surface area contributed by atoms with E-state index < -0.39 is 0 Å². The topological polar surface area (TPSA) is 0 Å². The van der Waals surface area contributed by atoms with Crippen LogP contribution in [0.4, 0.5) is 0 Å². The van der Waals surface area contributed by atoms with E-state index in [2.05, 4.69) is 32.4 Å². The summed E-state index contributed by atoms with van der Waals surface area (Å²) in [5.74, 6) is 0. The van der Waals surface area contributed by atoms with E-state index in [4.69, 9.17) is 0 Å². The second-order valence-electron chi connectivity index (χ2n) is 1.95. The molecule has 2 aromatic heterocycles. The summed E-state index contributed by atoms with van der Waals surface area (Å²) in [4.78, 5) is 0. The Balaban J connectivity index is 2.48. The van der Waals surface area contributed by atoms with Gasteiger partial charge in [0.2, 0.25) is 0 Å². The summed E-state index contributed by atoms with van der Waals surface area (Å²) in [7, 11) is 0. The predicted molar refractivity (Wildman–Crippen MR) is 45.8 cm³/mol. The van der Waals surface area contributed by atoms with Gasteiger partial charge in [0.25, 0.3) is 0 Å². The minimum atomic E-state index is 0.105. The summed E-state index contributed by atoms with van der Waals surface area (Å²) in [6.45, 7) is 0. The van der Waals surface area contributed by atoms with Crippen molar-refractivity contribution in [3.63, 3.8) is 0 Å². The fourth-order valence-corrected chi connectivity index (χ4v) is 6.36. The molecule has 0 saturated carbocycles. The van der Waals surface area contributed by atoms with Crippen LogP contribution in [0.5, 0.6) is 0 Å². The number of hydrogen-bond acceptors (Lipinski definition) is 0. The zero-order valence-corrected chi connectivity index (χ0v) is 9.94. The maximum absolute atomic E-state index is 2.35. The van der Waals surface area contributed by atoms with Gasteiger partial charge in [-0.2, -0.15) is 0 Å². The van der Waals surface area contributed by atoms with Gasteiger partial charge in [-0.15, -0.1) is 0 Å². The van der Waals surface area contributed by atoms with Gasteiger partial charge >= 0.3 is 80.5 Å². The standard InChI is InChI=1S/C8H6Te2/c1-3-7(9-5-1)8-4-2-6-10-8/h1-6H. The molecule has 0 saturated heterocycles.